The maximum atomic E-state index is 11.6. The van der Waals surface area contributed by atoms with Crippen LogP contribution < -0.4 is 5.73 Å². The van der Waals surface area contributed by atoms with Gasteiger partial charge in [0, 0.05) is 17.7 Å². The molecule has 1 amide bonds. The van der Waals surface area contributed by atoms with Crippen LogP contribution in [0.4, 0.5) is 5.69 Å². The Balaban J connectivity index is 1.73. The van der Waals surface area contributed by atoms with Crippen LogP contribution in [0.3, 0.4) is 0 Å². The van der Waals surface area contributed by atoms with Crippen LogP contribution >= 0.6 is 0 Å². The van der Waals surface area contributed by atoms with E-state index >= 15 is 0 Å². The Hall–Kier alpha value is -2.73. The summed E-state index contributed by atoms with van der Waals surface area (Å²) in [5.74, 6) is -0.418. The van der Waals surface area contributed by atoms with Crippen LogP contribution in [0.15, 0.2) is 48.5 Å². The molecule has 0 radical (unpaired) electrons. The van der Waals surface area contributed by atoms with Crippen molar-refractivity contribution in [1.29, 1.82) is 0 Å². The number of para-hydroxylation sites is 1. The molecule has 1 aliphatic rings. The van der Waals surface area contributed by atoms with E-state index in [2.05, 4.69) is 17.0 Å². The van der Waals surface area contributed by atoms with Gasteiger partial charge < -0.3 is 5.73 Å². The van der Waals surface area contributed by atoms with E-state index < -0.39 is 5.91 Å². The van der Waals surface area contributed by atoms with Crippen molar-refractivity contribution in [3.8, 4) is 0 Å². The molecule has 0 bridgehead atoms. The third kappa shape index (κ3) is 4.26. The number of nitrogens with zero attached hydrogens (tertiary/aromatic N) is 2. The summed E-state index contributed by atoms with van der Waals surface area (Å²) in [7, 11) is 0. The molecule has 2 aromatic rings. The Morgan fingerprint density at radius 3 is 2.42 bits per heavy atom. The summed E-state index contributed by atoms with van der Waals surface area (Å²) in [6, 6.07) is 15.5. The fraction of sp³-hybridized carbons (Fsp3) is 0.350. The Bertz CT molecular complexity index is 784. The van der Waals surface area contributed by atoms with Crippen molar-refractivity contribution in [1.82, 2.24) is 4.90 Å². The molecule has 6 nitrogen and oxygen atoms in total. The predicted octanol–water partition coefficient (Wildman–Crippen LogP) is 3.00. The molecule has 0 unspecified atom stereocenters. The molecule has 3 rings (SSSR count). The topological polar surface area (TPSA) is 89.5 Å². The zero-order valence-corrected chi connectivity index (χ0v) is 14.6. The number of hydrogen-bond acceptors (Lipinski definition) is 4. The fourth-order valence-corrected chi connectivity index (χ4v) is 3.74. The maximum Gasteiger partial charge on any atom is 0.276 e. The molecular formula is C20H23N3O3. The number of nitro groups is 1. The molecule has 2 N–H and O–H groups in total. The maximum absolute atomic E-state index is 11.6. The van der Waals surface area contributed by atoms with E-state index in [4.69, 9.17) is 5.73 Å². The Kier molecular flexibility index (Phi) is 5.63. The predicted molar refractivity (Wildman–Crippen MR) is 99.7 cm³/mol. The Morgan fingerprint density at radius 1 is 1.12 bits per heavy atom. The van der Waals surface area contributed by atoms with Gasteiger partial charge in [-0.1, -0.05) is 48.5 Å². The number of amides is 1. The van der Waals surface area contributed by atoms with Gasteiger partial charge in [0.05, 0.1) is 11.3 Å². The minimum atomic E-state index is -0.553. The van der Waals surface area contributed by atoms with Gasteiger partial charge in [0.2, 0.25) is 5.91 Å². The van der Waals surface area contributed by atoms with E-state index in [1.54, 1.807) is 12.1 Å². The monoisotopic (exact) mass is 353 g/mol. The average molecular weight is 353 g/mol. The van der Waals surface area contributed by atoms with Gasteiger partial charge in [0.1, 0.15) is 0 Å². The molecule has 0 saturated carbocycles. The van der Waals surface area contributed by atoms with Crippen molar-refractivity contribution < 1.29 is 9.72 Å². The van der Waals surface area contributed by atoms with E-state index in [1.165, 1.54) is 5.56 Å². The molecule has 0 spiro atoms. The lowest BCUT2D eigenvalue weighted by Gasteiger charge is -2.32. The number of nitro benzene ring substituents is 1. The first-order valence-corrected chi connectivity index (χ1v) is 8.85. The number of carbonyl (C=O) groups is 1. The average Bonchev–Trinajstić information content (AvgIpc) is 2.62. The van der Waals surface area contributed by atoms with Gasteiger partial charge in [0.25, 0.3) is 5.69 Å². The highest BCUT2D eigenvalue weighted by Gasteiger charge is 2.29. The van der Waals surface area contributed by atoms with Gasteiger partial charge in [-0.15, -0.1) is 0 Å². The van der Waals surface area contributed by atoms with Gasteiger partial charge in [0.15, 0.2) is 0 Å². The highest BCUT2D eigenvalue weighted by molar-refractivity contribution is 5.78. The zero-order chi connectivity index (χ0) is 18.5. The van der Waals surface area contributed by atoms with Crippen LogP contribution in [0.25, 0.3) is 0 Å². The molecule has 136 valence electrons. The fourth-order valence-electron chi connectivity index (χ4n) is 3.74. The molecule has 2 aromatic carbocycles. The molecule has 0 aromatic heterocycles. The van der Waals surface area contributed by atoms with E-state index in [-0.39, 0.29) is 22.9 Å². The van der Waals surface area contributed by atoms with Crippen molar-refractivity contribution in [3.05, 3.63) is 75.3 Å². The molecular weight excluding hydrogens is 330 g/mol. The summed E-state index contributed by atoms with van der Waals surface area (Å²) in [6.45, 7) is 2.70. The number of carbonyl (C=O) groups excluding carboxylic acids is 1. The van der Waals surface area contributed by atoms with Crippen LogP contribution in [0, 0.1) is 10.1 Å². The second-order valence-electron chi connectivity index (χ2n) is 6.79. The standard InChI is InChI=1S/C20H23N3O3/c21-19(24)13-17-7-4-8-18(20(17)23(25)26)16-9-11-22(12-10-16)14-15-5-2-1-3-6-15/h1-8,16H,9-14H2,(H2,21,24). The van der Waals surface area contributed by atoms with Crippen molar-refractivity contribution in [2.45, 2.75) is 31.7 Å². The first-order valence-electron chi connectivity index (χ1n) is 8.85. The van der Waals surface area contributed by atoms with E-state index in [9.17, 15) is 14.9 Å². The second kappa shape index (κ2) is 8.10. The van der Waals surface area contributed by atoms with Gasteiger partial charge in [-0.05, 0) is 37.4 Å². The van der Waals surface area contributed by atoms with Gasteiger partial charge in [-0.3, -0.25) is 19.8 Å². The summed E-state index contributed by atoms with van der Waals surface area (Å²) >= 11 is 0. The first-order chi connectivity index (χ1) is 12.5. The summed E-state index contributed by atoms with van der Waals surface area (Å²) in [5, 5.41) is 11.6. The van der Waals surface area contributed by atoms with E-state index in [1.807, 2.05) is 24.3 Å². The molecule has 6 heteroatoms. The van der Waals surface area contributed by atoms with Crippen LogP contribution in [0.2, 0.25) is 0 Å². The highest BCUT2D eigenvalue weighted by Crippen LogP contribution is 2.36. The van der Waals surface area contributed by atoms with Crippen molar-refractivity contribution in [3.63, 3.8) is 0 Å². The van der Waals surface area contributed by atoms with E-state index in [0.717, 1.165) is 38.0 Å². The molecule has 1 aliphatic heterocycles. The third-order valence-electron chi connectivity index (χ3n) is 4.97. The molecule has 26 heavy (non-hydrogen) atoms. The SMILES string of the molecule is NC(=O)Cc1cccc(C2CCN(Cc3ccccc3)CC2)c1[N+](=O)[O-]. The van der Waals surface area contributed by atoms with Crippen molar-refractivity contribution in [2.24, 2.45) is 5.73 Å². The lowest BCUT2D eigenvalue weighted by molar-refractivity contribution is -0.386. The summed E-state index contributed by atoms with van der Waals surface area (Å²) in [4.78, 5) is 24.9. The smallest absolute Gasteiger partial charge is 0.276 e. The number of primary amides is 1. The van der Waals surface area contributed by atoms with Gasteiger partial charge in [-0.25, -0.2) is 0 Å². The minimum absolute atomic E-state index is 0.0628. The van der Waals surface area contributed by atoms with Crippen molar-refractivity contribution in [2.75, 3.05) is 13.1 Å². The van der Waals surface area contributed by atoms with Crippen LogP contribution in [-0.4, -0.2) is 28.8 Å². The van der Waals surface area contributed by atoms with Crippen LogP contribution in [-0.2, 0) is 17.8 Å². The number of piperidine rings is 1. The second-order valence-corrected chi connectivity index (χ2v) is 6.79. The quantitative estimate of drug-likeness (QED) is 0.638. The van der Waals surface area contributed by atoms with Crippen molar-refractivity contribution >= 4 is 11.6 Å². The van der Waals surface area contributed by atoms with Crippen LogP contribution in [0.1, 0.15) is 35.4 Å². The molecule has 1 heterocycles. The zero-order valence-electron chi connectivity index (χ0n) is 14.6. The highest BCUT2D eigenvalue weighted by atomic mass is 16.6. The van der Waals surface area contributed by atoms with Gasteiger partial charge >= 0.3 is 0 Å². The Morgan fingerprint density at radius 2 is 1.81 bits per heavy atom. The first kappa shape index (κ1) is 18.1. The lowest BCUT2D eigenvalue weighted by atomic mass is 9.86. The summed E-state index contributed by atoms with van der Waals surface area (Å²) in [6.07, 6.45) is 1.64. The molecule has 1 saturated heterocycles. The minimum Gasteiger partial charge on any atom is -0.369 e. The summed E-state index contributed by atoms with van der Waals surface area (Å²) < 4.78 is 0. The Labute approximate surface area is 152 Å². The molecule has 0 aliphatic carbocycles. The summed E-state index contributed by atoms with van der Waals surface area (Å²) in [5.41, 5.74) is 7.72. The van der Waals surface area contributed by atoms with Gasteiger partial charge in [-0.2, -0.15) is 0 Å². The van der Waals surface area contributed by atoms with Crippen LogP contribution in [0.5, 0.6) is 0 Å². The number of benzene rings is 2. The molecule has 0 atom stereocenters. The number of nitrogens with two attached hydrogens (primary N) is 1. The number of rotatable bonds is 6. The number of likely N-dealkylation sites (tertiary alicyclic amines) is 1. The van der Waals surface area contributed by atoms with E-state index in [0.29, 0.717) is 5.56 Å². The normalized spacial score (nSPS) is 15.7. The number of hydrogen-bond donors (Lipinski definition) is 1. The lowest BCUT2D eigenvalue weighted by Crippen LogP contribution is -2.32. The molecule has 1 fully saturated rings. The largest absolute Gasteiger partial charge is 0.369 e. The third-order valence-corrected chi connectivity index (χ3v) is 4.97.